The van der Waals surface area contributed by atoms with E-state index in [1.807, 2.05) is 36.9 Å². The molecule has 39 heavy (non-hydrogen) atoms. The van der Waals surface area contributed by atoms with Gasteiger partial charge in [0.2, 0.25) is 5.91 Å². The average Bonchev–Trinajstić information content (AvgIpc) is 3.33. The molecule has 2 aliphatic rings. The van der Waals surface area contributed by atoms with Crippen molar-refractivity contribution in [2.45, 2.75) is 70.3 Å². The molecule has 2 aromatic carbocycles. The summed E-state index contributed by atoms with van der Waals surface area (Å²) in [6, 6.07) is 9.32. The minimum Gasteiger partial charge on any atom is -0.468 e. The first-order chi connectivity index (χ1) is 18.2. The Hall–Kier alpha value is -2.51. The number of piperidine rings is 1. The SMILES string of the molecule is COC(=O)C(C)(C)c1cc(Cl)ccc1C1CCN(C(=O)[C@@H]2CN(C(C)(C)C)C[C@H]2c2ccc(F)cc2F)CC1. The predicted octanol–water partition coefficient (Wildman–Crippen LogP) is 6.29. The summed E-state index contributed by atoms with van der Waals surface area (Å²) < 4.78 is 33.6. The van der Waals surface area contributed by atoms with E-state index in [1.54, 1.807) is 0 Å². The summed E-state index contributed by atoms with van der Waals surface area (Å²) in [5.41, 5.74) is 1.23. The van der Waals surface area contributed by atoms with Gasteiger partial charge in [0.25, 0.3) is 0 Å². The second-order valence-electron chi connectivity index (χ2n) is 12.4. The smallest absolute Gasteiger partial charge is 0.315 e. The Bertz CT molecular complexity index is 1230. The van der Waals surface area contributed by atoms with Crippen molar-refractivity contribution < 1.29 is 23.1 Å². The first-order valence-corrected chi connectivity index (χ1v) is 14.0. The number of amides is 1. The van der Waals surface area contributed by atoms with E-state index in [0.29, 0.717) is 36.8 Å². The molecule has 2 fully saturated rings. The summed E-state index contributed by atoms with van der Waals surface area (Å²) >= 11 is 6.32. The Kier molecular flexibility index (Phi) is 8.44. The van der Waals surface area contributed by atoms with Crippen LogP contribution < -0.4 is 0 Å². The molecule has 2 aliphatic heterocycles. The van der Waals surface area contributed by atoms with Crippen molar-refractivity contribution in [3.8, 4) is 0 Å². The molecular formula is C31H39ClF2N2O3. The Morgan fingerprint density at radius 1 is 0.949 bits per heavy atom. The molecule has 2 atom stereocenters. The van der Waals surface area contributed by atoms with E-state index >= 15 is 0 Å². The largest absolute Gasteiger partial charge is 0.468 e. The quantitative estimate of drug-likeness (QED) is 0.403. The number of carbonyl (C=O) groups excluding carboxylic acids is 2. The summed E-state index contributed by atoms with van der Waals surface area (Å²) in [4.78, 5) is 30.6. The van der Waals surface area contributed by atoms with Gasteiger partial charge in [-0.15, -0.1) is 0 Å². The molecule has 2 aromatic rings. The Balaban J connectivity index is 1.54. The second-order valence-corrected chi connectivity index (χ2v) is 12.8. The first-order valence-electron chi connectivity index (χ1n) is 13.6. The van der Waals surface area contributed by atoms with Crippen LogP contribution in [0.4, 0.5) is 8.78 Å². The first kappa shape index (κ1) is 29.5. The number of ether oxygens (including phenoxy) is 1. The van der Waals surface area contributed by atoms with E-state index < -0.39 is 23.0 Å². The molecule has 1 amide bonds. The van der Waals surface area contributed by atoms with E-state index in [-0.39, 0.29) is 29.3 Å². The van der Waals surface area contributed by atoms with Gasteiger partial charge in [-0.25, -0.2) is 8.78 Å². The van der Waals surface area contributed by atoms with Gasteiger partial charge in [0.1, 0.15) is 11.6 Å². The fraction of sp³-hybridized carbons (Fsp3) is 0.548. The van der Waals surface area contributed by atoms with Crippen LogP contribution in [-0.2, 0) is 19.7 Å². The summed E-state index contributed by atoms with van der Waals surface area (Å²) in [6.07, 6.45) is 1.48. The lowest BCUT2D eigenvalue weighted by Gasteiger charge is -2.37. The number of carbonyl (C=O) groups is 2. The maximum atomic E-state index is 14.9. The van der Waals surface area contributed by atoms with E-state index in [4.69, 9.17) is 16.3 Å². The number of nitrogens with zero attached hydrogens (tertiary/aromatic N) is 2. The third-order valence-electron chi connectivity index (χ3n) is 8.58. The van der Waals surface area contributed by atoms with Gasteiger partial charge in [0.15, 0.2) is 0 Å². The van der Waals surface area contributed by atoms with Crippen molar-refractivity contribution in [2.75, 3.05) is 33.3 Å². The van der Waals surface area contributed by atoms with Gasteiger partial charge in [-0.2, -0.15) is 0 Å². The minimum absolute atomic E-state index is 0.0140. The van der Waals surface area contributed by atoms with Crippen molar-refractivity contribution in [1.82, 2.24) is 9.80 Å². The van der Waals surface area contributed by atoms with Crippen molar-refractivity contribution >= 4 is 23.5 Å². The molecule has 0 aliphatic carbocycles. The number of halogens is 3. The zero-order valence-corrected chi connectivity index (χ0v) is 24.4. The molecule has 5 nitrogen and oxygen atoms in total. The van der Waals surface area contributed by atoms with Gasteiger partial charge in [0, 0.05) is 48.7 Å². The van der Waals surface area contributed by atoms with Crippen molar-refractivity contribution in [3.63, 3.8) is 0 Å². The molecule has 0 unspecified atom stereocenters. The molecule has 0 saturated carbocycles. The van der Waals surface area contributed by atoms with Crippen LogP contribution >= 0.6 is 11.6 Å². The lowest BCUT2D eigenvalue weighted by Crippen LogP contribution is -2.44. The highest BCUT2D eigenvalue weighted by Gasteiger charge is 2.45. The van der Waals surface area contributed by atoms with Gasteiger partial charge in [-0.1, -0.05) is 23.7 Å². The summed E-state index contributed by atoms with van der Waals surface area (Å²) in [6.45, 7) is 12.1. The van der Waals surface area contributed by atoms with Crippen molar-refractivity contribution in [1.29, 1.82) is 0 Å². The van der Waals surface area contributed by atoms with Crippen molar-refractivity contribution in [3.05, 3.63) is 69.7 Å². The topological polar surface area (TPSA) is 49.9 Å². The lowest BCUT2D eigenvalue weighted by molar-refractivity contribution is -0.146. The van der Waals surface area contributed by atoms with Gasteiger partial charge in [0.05, 0.1) is 18.4 Å². The Morgan fingerprint density at radius 3 is 2.18 bits per heavy atom. The molecule has 0 spiro atoms. The Labute approximate surface area is 235 Å². The van der Waals surface area contributed by atoms with Gasteiger partial charge in [-0.05, 0) is 88.3 Å². The van der Waals surface area contributed by atoms with E-state index in [1.165, 1.54) is 19.2 Å². The molecule has 0 N–H and O–H groups in total. The number of hydrogen-bond donors (Lipinski definition) is 0. The average molecular weight is 561 g/mol. The standard InChI is InChI=1S/C31H39ClF2N2O3/c1-30(2,3)36-17-24(23-10-8-21(33)16-27(23)34)25(18-36)28(37)35-13-11-19(12-14-35)22-9-7-20(32)15-26(22)31(4,5)29(38)39-6/h7-10,15-16,19,24-25H,11-14,17-18H2,1-6H3/t24-,25+/m0/s1. The highest BCUT2D eigenvalue weighted by molar-refractivity contribution is 6.30. The van der Waals surface area contributed by atoms with Crippen LogP contribution in [0.2, 0.25) is 5.02 Å². The molecule has 8 heteroatoms. The van der Waals surface area contributed by atoms with Crippen LogP contribution in [0.15, 0.2) is 36.4 Å². The fourth-order valence-electron chi connectivity index (χ4n) is 6.16. The molecule has 0 bridgehead atoms. The summed E-state index contributed by atoms with van der Waals surface area (Å²) in [5, 5.41) is 0.557. The maximum Gasteiger partial charge on any atom is 0.315 e. The zero-order valence-electron chi connectivity index (χ0n) is 23.7. The molecular weight excluding hydrogens is 522 g/mol. The summed E-state index contributed by atoms with van der Waals surface area (Å²) in [5.74, 6) is -2.14. The van der Waals surface area contributed by atoms with E-state index in [9.17, 15) is 18.4 Å². The van der Waals surface area contributed by atoms with Crippen LogP contribution in [0, 0.1) is 17.6 Å². The van der Waals surface area contributed by atoms with Crippen LogP contribution in [0.3, 0.4) is 0 Å². The minimum atomic E-state index is -0.866. The predicted molar refractivity (Wildman–Crippen MR) is 149 cm³/mol. The number of likely N-dealkylation sites (tertiary alicyclic amines) is 2. The van der Waals surface area contributed by atoms with Crippen LogP contribution in [0.25, 0.3) is 0 Å². The Morgan fingerprint density at radius 2 is 1.59 bits per heavy atom. The zero-order chi connectivity index (χ0) is 28.7. The third kappa shape index (κ3) is 5.99. The molecule has 212 valence electrons. The summed E-state index contributed by atoms with van der Waals surface area (Å²) in [7, 11) is 1.38. The van der Waals surface area contributed by atoms with Gasteiger partial charge < -0.3 is 9.64 Å². The molecule has 0 radical (unpaired) electrons. The number of esters is 1. The molecule has 0 aromatic heterocycles. The lowest BCUT2D eigenvalue weighted by atomic mass is 9.76. The van der Waals surface area contributed by atoms with Gasteiger partial charge in [-0.3, -0.25) is 14.5 Å². The monoisotopic (exact) mass is 560 g/mol. The fourth-order valence-corrected chi connectivity index (χ4v) is 6.33. The second kappa shape index (κ2) is 11.2. The van der Waals surface area contributed by atoms with E-state index in [2.05, 4.69) is 25.7 Å². The van der Waals surface area contributed by atoms with Crippen LogP contribution in [-0.4, -0.2) is 60.5 Å². The van der Waals surface area contributed by atoms with Crippen LogP contribution in [0.1, 0.15) is 76.0 Å². The highest BCUT2D eigenvalue weighted by atomic mass is 35.5. The van der Waals surface area contributed by atoms with Gasteiger partial charge >= 0.3 is 5.97 Å². The van der Waals surface area contributed by atoms with Crippen LogP contribution in [0.5, 0.6) is 0 Å². The normalized spacial score (nSPS) is 21.3. The van der Waals surface area contributed by atoms with E-state index in [0.717, 1.165) is 30.0 Å². The number of methoxy groups -OCH3 is 1. The third-order valence-corrected chi connectivity index (χ3v) is 8.81. The molecule has 2 saturated heterocycles. The number of benzene rings is 2. The molecule has 4 rings (SSSR count). The highest BCUT2D eigenvalue weighted by Crippen LogP contribution is 2.41. The maximum absolute atomic E-state index is 14.9. The van der Waals surface area contributed by atoms with Crippen molar-refractivity contribution in [2.24, 2.45) is 5.92 Å². The number of rotatable bonds is 5. The molecule has 2 heterocycles. The number of hydrogen-bond acceptors (Lipinski definition) is 4.